The largest absolute Gasteiger partial charge is 0.466 e. The summed E-state index contributed by atoms with van der Waals surface area (Å²) in [7, 11) is 1.92. The lowest BCUT2D eigenvalue weighted by Gasteiger charge is -2.11. The fourth-order valence-corrected chi connectivity index (χ4v) is 4.59. The topological polar surface area (TPSA) is 77.5 Å². The third-order valence-corrected chi connectivity index (χ3v) is 6.66. The molecule has 0 fully saturated rings. The molecule has 38 heavy (non-hydrogen) atoms. The Labute approximate surface area is 229 Å². The summed E-state index contributed by atoms with van der Waals surface area (Å²) in [5.74, 6) is -0.439. The van der Waals surface area contributed by atoms with Crippen LogP contribution in [0.3, 0.4) is 0 Å². The molecule has 0 aliphatic carbocycles. The molecule has 0 bridgehead atoms. The van der Waals surface area contributed by atoms with E-state index in [1.54, 1.807) is 12.2 Å². The number of allylic oxidation sites excluding steroid dienone is 3. The monoisotopic (exact) mass is 532 g/mol. The van der Waals surface area contributed by atoms with Crippen LogP contribution in [0.1, 0.15) is 37.9 Å². The van der Waals surface area contributed by atoms with E-state index in [0.717, 1.165) is 44.1 Å². The molecule has 0 aliphatic rings. The van der Waals surface area contributed by atoms with Crippen molar-refractivity contribution in [2.75, 3.05) is 25.6 Å². The number of hydrogen-bond donors (Lipinski definition) is 1. The molecule has 0 saturated heterocycles. The Kier molecular flexibility index (Phi) is 12.7. The molecule has 6 nitrogen and oxygen atoms in total. The van der Waals surface area contributed by atoms with E-state index in [0.29, 0.717) is 19.7 Å². The van der Waals surface area contributed by atoms with Crippen LogP contribution in [0, 0.1) is 6.92 Å². The number of hydrogen-bond acceptors (Lipinski definition) is 7. The van der Waals surface area contributed by atoms with Crippen molar-refractivity contribution in [1.82, 2.24) is 4.37 Å². The Hall–Kier alpha value is -3.97. The molecular formula is C31H36N2O4S. The first-order valence-electron chi connectivity index (χ1n) is 12.4. The van der Waals surface area contributed by atoms with Crippen LogP contribution in [-0.2, 0) is 19.1 Å². The predicted molar refractivity (Wildman–Crippen MR) is 157 cm³/mol. The molecule has 0 aliphatic heterocycles. The Morgan fingerprint density at radius 2 is 1.71 bits per heavy atom. The van der Waals surface area contributed by atoms with Gasteiger partial charge in [-0.15, -0.1) is 0 Å². The van der Waals surface area contributed by atoms with Crippen molar-refractivity contribution in [2.45, 2.75) is 33.6 Å². The molecule has 0 saturated carbocycles. The first kappa shape index (κ1) is 30.3. The van der Waals surface area contributed by atoms with Crippen LogP contribution in [-0.4, -0.2) is 37.1 Å². The van der Waals surface area contributed by atoms with Gasteiger partial charge in [0, 0.05) is 7.05 Å². The molecule has 0 spiro atoms. The molecule has 0 radical (unpaired) electrons. The van der Waals surface area contributed by atoms with Crippen LogP contribution in [0.2, 0.25) is 0 Å². The zero-order chi connectivity index (χ0) is 27.9. The minimum atomic E-state index is -0.254. The number of carbonyl (C=O) groups excluding carboxylic acids is 2. The number of nitrogens with one attached hydrogen (secondary N) is 1. The van der Waals surface area contributed by atoms with Gasteiger partial charge in [0.1, 0.15) is 6.61 Å². The first-order valence-corrected chi connectivity index (χ1v) is 13.2. The van der Waals surface area contributed by atoms with Gasteiger partial charge in [-0.3, -0.25) is 9.59 Å². The summed E-state index contributed by atoms with van der Waals surface area (Å²) in [5.41, 5.74) is 7.42. The van der Waals surface area contributed by atoms with Gasteiger partial charge in [-0.2, -0.15) is 4.37 Å². The normalized spacial score (nSPS) is 11.8. The quantitative estimate of drug-likeness (QED) is 0.158. The van der Waals surface area contributed by atoms with Crippen molar-refractivity contribution in [3.05, 3.63) is 96.2 Å². The first-order chi connectivity index (χ1) is 18.4. The number of ether oxygens (including phenoxy) is 2. The summed E-state index contributed by atoms with van der Waals surface area (Å²) >= 11 is 1.51. The number of anilines is 1. The van der Waals surface area contributed by atoms with Crippen molar-refractivity contribution in [1.29, 1.82) is 0 Å². The van der Waals surface area contributed by atoms with Crippen molar-refractivity contribution >= 4 is 29.7 Å². The van der Waals surface area contributed by atoms with Crippen LogP contribution in [0.4, 0.5) is 5.69 Å². The predicted octanol–water partition coefficient (Wildman–Crippen LogP) is 7.34. The molecule has 1 heterocycles. The summed E-state index contributed by atoms with van der Waals surface area (Å²) in [6.45, 7) is 12.3. The summed E-state index contributed by atoms with van der Waals surface area (Å²) in [5, 5.41) is 3.23. The van der Waals surface area contributed by atoms with Crippen molar-refractivity contribution in [3.8, 4) is 21.6 Å². The Balaban J connectivity index is 0.000000391. The third kappa shape index (κ3) is 8.56. The second-order valence-electron chi connectivity index (χ2n) is 8.28. The fraction of sp³-hybridized carbons (Fsp3) is 0.258. The summed E-state index contributed by atoms with van der Waals surface area (Å²) < 4.78 is 14.1. The van der Waals surface area contributed by atoms with Gasteiger partial charge < -0.3 is 14.8 Å². The zero-order valence-electron chi connectivity index (χ0n) is 22.7. The molecule has 1 N–H and O–H groups in total. The Morgan fingerprint density at radius 1 is 1.11 bits per heavy atom. The molecule has 3 aromatic rings. The molecule has 0 amide bonds. The van der Waals surface area contributed by atoms with E-state index in [9.17, 15) is 9.59 Å². The van der Waals surface area contributed by atoms with Crippen LogP contribution in [0.15, 0.2) is 85.0 Å². The van der Waals surface area contributed by atoms with Gasteiger partial charge in [-0.05, 0) is 67.1 Å². The lowest BCUT2D eigenvalue weighted by molar-refractivity contribution is -0.144. The van der Waals surface area contributed by atoms with Gasteiger partial charge in [0.25, 0.3) is 6.47 Å². The van der Waals surface area contributed by atoms with E-state index in [4.69, 9.17) is 4.74 Å². The van der Waals surface area contributed by atoms with Crippen LogP contribution in [0.5, 0.6) is 0 Å². The third-order valence-electron chi connectivity index (χ3n) is 5.67. The minimum Gasteiger partial charge on any atom is -0.466 e. The van der Waals surface area contributed by atoms with E-state index in [2.05, 4.69) is 57.4 Å². The SMILES string of the molecule is C=C/C=C(\C=C/C)COC=O.CCOC(=O)C(C)c1ccc(-c2ccc(-c3snc(C)c3NC)cc2)cc1. The van der Waals surface area contributed by atoms with Gasteiger partial charge >= 0.3 is 5.97 Å². The van der Waals surface area contributed by atoms with Crippen molar-refractivity contribution in [3.63, 3.8) is 0 Å². The molecule has 1 aromatic heterocycles. The molecular weight excluding hydrogens is 496 g/mol. The van der Waals surface area contributed by atoms with Gasteiger partial charge in [0.15, 0.2) is 0 Å². The Bertz CT molecular complexity index is 1240. The molecule has 200 valence electrons. The van der Waals surface area contributed by atoms with E-state index >= 15 is 0 Å². The van der Waals surface area contributed by atoms with E-state index in [1.165, 1.54) is 11.5 Å². The number of aromatic nitrogens is 1. The second kappa shape index (κ2) is 16.0. The molecule has 1 atom stereocenters. The van der Waals surface area contributed by atoms with E-state index in [-0.39, 0.29) is 11.9 Å². The van der Waals surface area contributed by atoms with E-state index in [1.807, 2.05) is 59.0 Å². The molecule has 3 rings (SSSR count). The highest BCUT2D eigenvalue weighted by atomic mass is 32.1. The smallest absolute Gasteiger partial charge is 0.313 e. The molecule has 7 heteroatoms. The average molecular weight is 533 g/mol. The van der Waals surface area contributed by atoms with Crippen LogP contribution >= 0.6 is 11.5 Å². The maximum absolute atomic E-state index is 11.9. The number of carbonyl (C=O) groups is 2. The fourth-order valence-electron chi connectivity index (χ4n) is 3.69. The average Bonchev–Trinajstić information content (AvgIpc) is 3.32. The van der Waals surface area contributed by atoms with Gasteiger partial charge in [-0.1, -0.05) is 79.4 Å². The minimum absolute atomic E-state index is 0.185. The number of benzene rings is 2. The summed E-state index contributed by atoms with van der Waals surface area (Å²) in [6, 6.07) is 16.6. The highest BCUT2D eigenvalue weighted by Crippen LogP contribution is 2.35. The van der Waals surface area contributed by atoms with Crippen LogP contribution in [0.25, 0.3) is 21.6 Å². The molecule has 1 unspecified atom stereocenters. The van der Waals surface area contributed by atoms with Crippen molar-refractivity contribution in [2.24, 2.45) is 0 Å². The maximum atomic E-state index is 11.9. The number of nitrogens with zero attached hydrogens (tertiary/aromatic N) is 1. The highest BCUT2D eigenvalue weighted by Gasteiger charge is 2.16. The van der Waals surface area contributed by atoms with Crippen LogP contribution < -0.4 is 5.32 Å². The van der Waals surface area contributed by atoms with E-state index < -0.39 is 0 Å². The zero-order valence-corrected chi connectivity index (χ0v) is 23.5. The van der Waals surface area contributed by atoms with Gasteiger partial charge in [0.05, 0.1) is 28.8 Å². The maximum Gasteiger partial charge on any atom is 0.313 e. The standard InChI is InChI=1S/C22H24N2O2S.C9H12O2/c1-5-26-22(25)14(2)16-6-8-17(9-7-16)18-10-12-19(13-11-18)21-20(23-4)15(3)24-27-21;1-3-5-9(6-4-2)7-11-8-10/h6-14,23H,5H2,1-4H3;3-6,8H,1,7H2,2H3/b;6-4-,9-5+. The lowest BCUT2D eigenvalue weighted by atomic mass is 9.97. The highest BCUT2D eigenvalue weighted by molar-refractivity contribution is 7.10. The number of rotatable bonds is 11. The molecule has 2 aromatic carbocycles. The number of esters is 1. The summed E-state index contributed by atoms with van der Waals surface area (Å²) in [4.78, 5) is 22.9. The van der Waals surface area contributed by atoms with Crippen molar-refractivity contribution < 1.29 is 19.1 Å². The Morgan fingerprint density at radius 3 is 2.24 bits per heavy atom. The number of aryl methyl sites for hydroxylation is 1. The second-order valence-corrected chi connectivity index (χ2v) is 9.05. The van der Waals surface area contributed by atoms with Gasteiger partial charge in [-0.25, -0.2) is 0 Å². The summed E-state index contributed by atoms with van der Waals surface area (Å²) in [6.07, 6.45) is 7.20. The van der Waals surface area contributed by atoms with Gasteiger partial charge in [0.2, 0.25) is 0 Å². The lowest BCUT2D eigenvalue weighted by Crippen LogP contribution is -2.12.